The number of hydrogen-bond acceptors (Lipinski definition) is 4. The molecule has 1 fully saturated rings. The Balaban J connectivity index is 2.68. The van der Waals surface area contributed by atoms with Crippen LogP contribution in [0.1, 0.15) is 47.5 Å². The van der Waals surface area contributed by atoms with Crippen LogP contribution in [0.5, 0.6) is 0 Å². The van der Waals surface area contributed by atoms with E-state index in [2.05, 4.69) is 37.9 Å². The van der Waals surface area contributed by atoms with Crippen LogP contribution in [-0.4, -0.2) is 55.5 Å². The minimum Gasteiger partial charge on any atom is -0.308 e. The molecule has 1 atom stereocenters. The van der Waals surface area contributed by atoms with Crippen LogP contribution >= 0.6 is 0 Å². The highest BCUT2D eigenvalue weighted by Gasteiger charge is 2.39. The lowest BCUT2D eigenvalue weighted by Gasteiger charge is -2.50. The highest BCUT2D eigenvalue weighted by atomic mass is 32.2. The van der Waals surface area contributed by atoms with E-state index in [1.165, 1.54) is 0 Å². The maximum absolute atomic E-state index is 11.9. The monoisotopic (exact) mass is 290 g/mol. The molecule has 19 heavy (non-hydrogen) atoms. The smallest absolute Gasteiger partial charge is 0.151 e. The fourth-order valence-corrected chi connectivity index (χ4v) is 3.84. The van der Waals surface area contributed by atoms with Crippen LogP contribution in [0, 0.1) is 0 Å². The highest BCUT2D eigenvalue weighted by molar-refractivity contribution is 7.91. The van der Waals surface area contributed by atoms with E-state index in [4.69, 9.17) is 0 Å². The second-order valence-corrected chi connectivity index (χ2v) is 8.96. The van der Waals surface area contributed by atoms with Crippen molar-refractivity contribution >= 4 is 9.84 Å². The Bertz CT molecular complexity index is 392. The zero-order valence-electron chi connectivity index (χ0n) is 13.1. The number of rotatable bonds is 6. The molecule has 1 unspecified atom stereocenters. The van der Waals surface area contributed by atoms with Crippen molar-refractivity contribution in [3.63, 3.8) is 0 Å². The van der Waals surface area contributed by atoms with Crippen molar-refractivity contribution in [2.75, 3.05) is 31.1 Å². The Hall–Kier alpha value is -0.130. The summed E-state index contributed by atoms with van der Waals surface area (Å²) in [6.07, 6.45) is 1.77. The fraction of sp³-hybridized carbons (Fsp3) is 1.00. The van der Waals surface area contributed by atoms with Crippen molar-refractivity contribution in [3.8, 4) is 0 Å². The predicted molar refractivity (Wildman–Crippen MR) is 81.3 cm³/mol. The van der Waals surface area contributed by atoms with Gasteiger partial charge in [-0.2, -0.15) is 0 Å². The van der Waals surface area contributed by atoms with Gasteiger partial charge >= 0.3 is 0 Å². The average Bonchev–Trinajstić information content (AvgIpc) is 2.31. The van der Waals surface area contributed by atoms with Gasteiger partial charge in [0.25, 0.3) is 0 Å². The van der Waals surface area contributed by atoms with E-state index in [0.29, 0.717) is 18.7 Å². The molecule has 0 amide bonds. The molecule has 4 nitrogen and oxygen atoms in total. The summed E-state index contributed by atoms with van der Waals surface area (Å²) in [7, 11) is -2.89. The highest BCUT2D eigenvalue weighted by Crippen LogP contribution is 2.25. The zero-order chi connectivity index (χ0) is 14.7. The predicted octanol–water partition coefficient (Wildman–Crippen LogP) is 1.66. The first-order valence-electron chi connectivity index (χ1n) is 7.35. The van der Waals surface area contributed by atoms with Crippen molar-refractivity contribution in [3.05, 3.63) is 0 Å². The third-order valence-electron chi connectivity index (χ3n) is 4.31. The fourth-order valence-electron chi connectivity index (χ4n) is 2.51. The number of nitrogens with one attached hydrogen (secondary N) is 1. The molecule has 5 heteroatoms. The van der Waals surface area contributed by atoms with Crippen LogP contribution in [-0.2, 0) is 9.84 Å². The quantitative estimate of drug-likeness (QED) is 0.808. The van der Waals surface area contributed by atoms with Crippen molar-refractivity contribution in [1.82, 2.24) is 10.2 Å². The van der Waals surface area contributed by atoms with Crippen LogP contribution in [0.3, 0.4) is 0 Å². The molecule has 114 valence electrons. The Morgan fingerprint density at radius 2 is 1.79 bits per heavy atom. The third kappa shape index (κ3) is 4.72. The summed E-state index contributed by atoms with van der Waals surface area (Å²) >= 11 is 0. The molecule has 0 radical (unpaired) electrons. The summed E-state index contributed by atoms with van der Waals surface area (Å²) in [5.74, 6) is 0.592. The molecule has 0 aromatic carbocycles. The Morgan fingerprint density at radius 3 is 2.32 bits per heavy atom. The minimum atomic E-state index is -2.89. The van der Waals surface area contributed by atoms with E-state index in [1.807, 2.05) is 6.92 Å². The first kappa shape index (κ1) is 16.9. The number of piperazine rings is 1. The molecule has 0 saturated carbocycles. The zero-order valence-corrected chi connectivity index (χ0v) is 13.9. The van der Waals surface area contributed by atoms with Gasteiger partial charge in [0.05, 0.1) is 5.75 Å². The standard InChI is InChI=1S/C14H30N2O2S/c1-6-9-19(17,18)10-8-16-12-14(5,7-2)15-11-13(16,3)4/h15H,6-12H2,1-5H3. The molecule has 1 aliphatic heterocycles. The second-order valence-electron chi connectivity index (χ2n) is 6.65. The van der Waals surface area contributed by atoms with Gasteiger partial charge < -0.3 is 5.32 Å². The van der Waals surface area contributed by atoms with Crippen molar-refractivity contribution in [2.24, 2.45) is 0 Å². The van der Waals surface area contributed by atoms with Gasteiger partial charge in [-0.3, -0.25) is 4.90 Å². The van der Waals surface area contributed by atoms with Gasteiger partial charge in [0.1, 0.15) is 0 Å². The lowest BCUT2D eigenvalue weighted by atomic mass is 9.88. The van der Waals surface area contributed by atoms with Gasteiger partial charge in [0.2, 0.25) is 0 Å². The summed E-state index contributed by atoms with van der Waals surface area (Å²) in [6, 6.07) is 0. The summed E-state index contributed by atoms with van der Waals surface area (Å²) in [4.78, 5) is 2.33. The maximum atomic E-state index is 11.9. The van der Waals surface area contributed by atoms with E-state index in [1.54, 1.807) is 0 Å². The largest absolute Gasteiger partial charge is 0.308 e. The Labute approximate surface area is 118 Å². The molecule has 1 aliphatic rings. The van der Waals surface area contributed by atoms with E-state index in [0.717, 1.165) is 19.5 Å². The number of sulfone groups is 1. The van der Waals surface area contributed by atoms with Gasteiger partial charge in [0, 0.05) is 36.5 Å². The molecule has 0 aliphatic carbocycles. The Morgan fingerprint density at radius 1 is 1.16 bits per heavy atom. The van der Waals surface area contributed by atoms with E-state index < -0.39 is 9.84 Å². The maximum Gasteiger partial charge on any atom is 0.151 e. The van der Waals surface area contributed by atoms with Crippen LogP contribution in [0.2, 0.25) is 0 Å². The van der Waals surface area contributed by atoms with Gasteiger partial charge in [-0.1, -0.05) is 13.8 Å². The van der Waals surface area contributed by atoms with Crippen molar-refractivity contribution in [2.45, 2.75) is 58.5 Å². The Kier molecular flexibility index (Phi) is 5.43. The lowest BCUT2D eigenvalue weighted by Crippen LogP contribution is -2.67. The van der Waals surface area contributed by atoms with Gasteiger partial charge in [0.15, 0.2) is 9.84 Å². The van der Waals surface area contributed by atoms with E-state index in [-0.39, 0.29) is 16.8 Å². The third-order valence-corrected chi connectivity index (χ3v) is 6.15. The van der Waals surface area contributed by atoms with Gasteiger partial charge in [-0.25, -0.2) is 8.42 Å². The first-order chi connectivity index (χ1) is 8.64. The minimum absolute atomic E-state index is 0.0242. The first-order valence-corrected chi connectivity index (χ1v) is 9.17. The SMILES string of the molecule is CCCS(=O)(=O)CCN1CC(C)(CC)NCC1(C)C. The molecule has 0 spiro atoms. The summed E-state index contributed by atoms with van der Waals surface area (Å²) < 4.78 is 23.7. The van der Waals surface area contributed by atoms with Crippen LogP contribution in [0.25, 0.3) is 0 Å². The van der Waals surface area contributed by atoms with Crippen molar-refractivity contribution in [1.29, 1.82) is 0 Å². The summed E-state index contributed by atoms with van der Waals surface area (Å²) in [5, 5.41) is 3.60. The molecular formula is C14H30N2O2S. The second kappa shape index (κ2) is 6.10. The molecule has 1 heterocycles. The molecule has 0 bridgehead atoms. The normalized spacial score (nSPS) is 28.5. The topological polar surface area (TPSA) is 49.4 Å². The van der Waals surface area contributed by atoms with Crippen LogP contribution < -0.4 is 5.32 Å². The lowest BCUT2D eigenvalue weighted by molar-refractivity contribution is 0.0366. The molecule has 0 aromatic rings. The van der Waals surface area contributed by atoms with E-state index in [9.17, 15) is 8.42 Å². The molecule has 1 N–H and O–H groups in total. The summed E-state index contributed by atoms with van der Waals surface area (Å²) in [6.45, 7) is 13.1. The van der Waals surface area contributed by atoms with Gasteiger partial charge in [-0.05, 0) is 33.6 Å². The van der Waals surface area contributed by atoms with E-state index >= 15 is 0 Å². The molecule has 1 saturated heterocycles. The van der Waals surface area contributed by atoms with Crippen LogP contribution in [0.15, 0.2) is 0 Å². The molecule has 1 rings (SSSR count). The van der Waals surface area contributed by atoms with Crippen LogP contribution in [0.4, 0.5) is 0 Å². The number of nitrogens with zero attached hydrogens (tertiary/aromatic N) is 1. The summed E-state index contributed by atoms with van der Waals surface area (Å²) in [5.41, 5.74) is 0.125. The molecular weight excluding hydrogens is 260 g/mol. The average molecular weight is 290 g/mol. The van der Waals surface area contributed by atoms with Gasteiger partial charge in [-0.15, -0.1) is 0 Å². The van der Waals surface area contributed by atoms with Crippen molar-refractivity contribution < 1.29 is 8.42 Å². The molecule has 0 aromatic heterocycles. The number of hydrogen-bond donors (Lipinski definition) is 1.